The quantitative estimate of drug-likeness (QED) is 0.367. The largest absolute Gasteiger partial charge is 0.477 e. The maximum atomic E-state index is 11.9. The van der Waals surface area contributed by atoms with E-state index in [1.165, 1.54) is 0 Å². The van der Waals surface area contributed by atoms with Crippen LogP contribution < -0.4 is 4.74 Å². The summed E-state index contributed by atoms with van der Waals surface area (Å²) < 4.78 is 16.6. The van der Waals surface area contributed by atoms with E-state index in [1.54, 1.807) is 25.3 Å². The molecule has 0 aliphatic rings. The molecule has 0 aliphatic carbocycles. The Labute approximate surface area is 176 Å². The van der Waals surface area contributed by atoms with Gasteiger partial charge in [-0.05, 0) is 50.1 Å². The van der Waals surface area contributed by atoms with Gasteiger partial charge in [0.05, 0.1) is 18.9 Å². The van der Waals surface area contributed by atoms with Gasteiger partial charge >= 0.3 is 5.97 Å². The zero-order valence-electron chi connectivity index (χ0n) is 17.6. The summed E-state index contributed by atoms with van der Waals surface area (Å²) in [5.41, 5.74) is 3.26. The van der Waals surface area contributed by atoms with E-state index in [2.05, 4.69) is 9.97 Å². The Bertz CT molecular complexity index is 992. The zero-order valence-corrected chi connectivity index (χ0v) is 17.6. The second-order valence-electron chi connectivity index (χ2n) is 6.66. The fraction of sp³-hybridized carbons (Fsp3) is 0.292. The van der Waals surface area contributed by atoms with E-state index in [1.807, 2.05) is 50.2 Å². The van der Waals surface area contributed by atoms with E-state index in [0.717, 1.165) is 22.6 Å². The van der Waals surface area contributed by atoms with Crippen LogP contribution in [0.1, 0.15) is 37.3 Å². The molecule has 0 bridgehead atoms. The van der Waals surface area contributed by atoms with Gasteiger partial charge in [0.15, 0.2) is 0 Å². The minimum atomic E-state index is -0.293. The number of ether oxygens (including phenoxy) is 2. The number of aryl methyl sites for hydroxylation is 1. The lowest BCUT2D eigenvalue weighted by Crippen LogP contribution is -2.07. The van der Waals surface area contributed by atoms with E-state index >= 15 is 0 Å². The molecule has 3 rings (SSSR count). The van der Waals surface area contributed by atoms with Crippen molar-refractivity contribution >= 4 is 12.0 Å². The lowest BCUT2D eigenvalue weighted by atomic mass is 10.1. The van der Waals surface area contributed by atoms with Gasteiger partial charge in [0.1, 0.15) is 5.76 Å². The number of esters is 1. The first kappa shape index (κ1) is 21.3. The molecular weight excluding hydrogens is 380 g/mol. The fourth-order valence-electron chi connectivity index (χ4n) is 2.91. The average Bonchev–Trinajstić information content (AvgIpc) is 3.14. The normalized spacial score (nSPS) is 11.4. The zero-order chi connectivity index (χ0) is 21.3. The van der Waals surface area contributed by atoms with Crippen molar-refractivity contribution < 1.29 is 18.7 Å². The highest BCUT2D eigenvalue weighted by molar-refractivity contribution is 5.93. The van der Waals surface area contributed by atoms with E-state index < -0.39 is 0 Å². The van der Waals surface area contributed by atoms with Crippen LogP contribution >= 0.6 is 0 Å². The van der Waals surface area contributed by atoms with E-state index in [-0.39, 0.29) is 5.97 Å². The SMILES string of the molecule is CCOC(=O)C(=Cc1ccc(OCCc2nc(-c3ccccc3)oc2C)nc1)CC. The first-order valence-electron chi connectivity index (χ1n) is 10.1. The molecule has 0 spiro atoms. The molecule has 2 heterocycles. The molecule has 0 saturated carbocycles. The number of pyridine rings is 1. The monoisotopic (exact) mass is 406 g/mol. The van der Waals surface area contributed by atoms with Crippen molar-refractivity contribution in [3.63, 3.8) is 0 Å². The Morgan fingerprint density at radius 2 is 1.93 bits per heavy atom. The molecule has 0 saturated heterocycles. The Morgan fingerprint density at radius 1 is 1.13 bits per heavy atom. The molecule has 6 heteroatoms. The highest BCUT2D eigenvalue weighted by Crippen LogP contribution is 2.22. The fourth-order valence-corrected chi connectivity index (χ4v) is 2.91. The van der Waals surface area contributed by atoms with Crippen molar-refractivity contribution in [3.05, 3.63) is 71.3 Å². The van der Waals surface area contributed by atoms with Crippen molar-refractivity contribution in [2.24, 2.45) is 0 Å². The van der Waals surface area contributed by atoms with Crippen molar-refractivity contribution in [1.29, 1.82) is 0 Å². The minimum Gasteiger partial charge on any atom is -0.477 e. The van der Waals surface area contributed by atoms with Crippen molar-refractivity contribution in [2.75, 3.05) is 13.2 Å². The predicted molar refractivity (Wildman–Crippen MR) is 115 cm³/mol. The Balaban J connectivity index is 1.57. The number of carbonyl (C=O) groups excluding carboxylic acids is 1. The maximum absolute atomic E-state index is 11.9. The molecule has 1 aromatic carbocycles. The van der Waals surface area contributed by atoms with Gasteiger partial charge in [0.2, 0.25) is 11.8 Å². The second-order valence-corrected chi connectivity index (χ2v) is 6.66. The van der Waals surface area contributed by atoms with E-state index in [0.29, 0.717) is 43.4 Å². The van der Waals surface area contributed by atoms with Crippen LogP contribution in [0, 0.1) is 6.92 Å². The Hall–Kier alpha value is -3.41. The van der Waals surface area contributed by atoms with Gasteiger partial charge < -0.3 is 13.9 Å². The van der Waals surface area contributed by atoms with Gasteiger partial charge in [0.25, 0.3) is 0 Å². The van der Waals surface area contributed by atoms with Crippen LogP contribution in [-0.4, -0.2) is 29.2 Å². The summed E-state index contributed by atoms with van der Waals surface area (Å²) in [6.07, 6.45) is 4.69. The van der Waals surface area contributed by atoms with Crippen LogP contribution in [0.4, 0.5) is 0 Å². The first-order valence-corrected chi connectivity index (χ1v) is 10.1. The number of benzene rings is 1. The number of rotatable bonds is 9. The number of aromatic nitrogens is 2. The summed E-state index contributed by atoms with van der Waals surface area (Å²) >= 11 is 0. The molecule has 0 N–H and O–H groups in total. The number of carbonyl (C=O) groups is 1. The topological polar surface area (TPSA) is 74.5 Å². The van der Waals surface area contributed by atoms with Gasteiger partial charge in [-0.1, -0.05) is 25.1 Å². The molecule has 0 unspecified atom stereocenters. The van der Waals surface area contributed by atoms with E-state index in [9.17, 15) is 4.79 Å². The van der Waals surface area contributed by atoms with E-state index in [4.69, 9.17) is 13.9 Å². The number of nitrogens with zero attached hydrogens (tertiary/aromatic N) is 2. The molecule has 156 valence electrons. The van der Waals surface area contributed by atoms with Gasteiger partial charge in [-0.3, -0.25) is 0 Å². The number of hydrogen-bond acceptors (Lipinski definition) is 6. The van der Waals surface area contributed by atoms with Crippen LogP contribution in [0.15, 0.2) is 58.7 Å². The van der Waals surface area contributed by atoms with Crippen LogP contribution in [0.25, 0.3) is 17.5 Å². The molecule has 6 nitrogen and oxygen atoms in total. The highest BCUT2D eigenvalue weighted by Gasteiger charge is 2.12. The highest BCUT2D eigenvalue weighted by atomic mass is 16.5. The minimum absolute atomic E-state index is 0.293. The van der Waals surface area contributed by atoms with Crippen LogP contribution in [0.5, 0.6) is 5.88 Å². The summed E-state index contributed by atoms with van der Waals surface area (Å²) in [6, 6.07) is 13.5. The number of oxazole rings is 1. The summed E-state index contributed by atoms with van der Waals surface area (Å²) in [6.45, 7) is 6.42. The molecular formula is C24H26N2O4. The van der Waals surface area contributed by atoms with Gasteiger partial charge in [-0.2, -0.15) is 0 Å². The summed E-state index contributed by atoms with van der Waals surface area (Å²) in [4.78, 5) is 20.8. The molecule has 0 aliphatic heterocycles. The molecule has 2 aromatic heterocycles. The third-order valence-corrected chi connectivity index (χ3v) is 4.52. The lowest BCUT2D eigenvalue weighted by molar-refractivity contribution is -0.138. The maximum Gasteiger partial charge on any atom is 0.333 e. The Morgan fingerprint density at radius 3 is 2.60 bits per heavy atom. The van der Waals surface area contributed by atoms with Crippen LogP contribution in [0.3, 0.4) is 0 Å². The van der Waals surface area contributed by atoms with Crippen molar-refractivity contribution in [1.82, 2.24) is 9.97 Å². The van der Waals surface area contributed by atoms with Crippen LogP contribution in [0.2, 0.25) is 0 Å². The molecule has 30 heavy (non-hydrogen) atoms. The van der Waals surface area contributed by atoms with Crippen LogP contribution in [-0.2, 0) is 16.0 Å². The Kier molecular flexibility index (Phi) is 7.38. The second kappa shape index (κ2) is 10.4. The summed E-state index contributed by atoms with van der Waals surface area (Å²) in [5, 5.41) is 0. The number of hydrogen-bond donors (Lipinski definition) is 0. The molecule has 0 radical (unpaired) electrons. The summed E-state index contributed by atoms with van der Waals surface area (Å²) in [7, 11) is 0. The van der Waals surface area contributed by atoms with Crippen molar-refractivity contribution in [2.45, 2.75) is 33.6 Å². The standard InChI is InChI=1S/C24H26N2O4/c1-4-19(24(27)28-5-2)15-18-11-12-22(25-16-18)29-14-13-21-17(3)30-23(26-21)20-9-7-6-8-10-20/h6-12,15-16H,4-5,13-14H2,1-3H3. The van der Waals surface area contributed by atoms with Gasteiger partial charge in [0, 0.05) is 29.8 Å². The van der Waals surface area contributed by atoms with Gasteiger partial charge in [-0.15, -0.1) is 0 Å². The predicted octanol–water partition coefficient (Wildman–Crippen LogP) is 5.02. The first-order chi connectivity index (χ1) is 14.6. The van der Waals surface area contributed by atoms with Crippen molar-refractivity contribution in [3.8, 4) is 17.3 Å². The average molecular weight is 406 g/mol. The molecule has 0 fully saturated rings. The molecule has 0 atom stereocenters. The third kappa shape index (κ3) is 5.56. The molecule has 0 amide bonds. The third-order valence-electron chi connectivity index (χ3n) is 4.52. The smallest absolute Gasteiger partial charge is 0.333 e. The lowest BCUT2D eigenvalue weighted by Gasteiger charge is -2.06. The summed E-state index contributed by atoms with van der Waals surface area (Å²) in [5.74, 6) is 1.63. The molecule has 3 aromatic rings. The van der Waals surface area contributed by atoms with Gasteiger partial charge in [-0.25, -0.2) is 14.8 Å².